The second kappa shape index (κ2) is 5.47. The SMILES string of the molecule is O=c1oc2[c]cccc2cc1NS(=O)(=O)c1cccc(Cl)c1. The molecule has 0 unspecified atom stereocenters. The van der Waals surface area contributed by atoms with Crippen molar-refractivity contribution in [1.29, 1.82) is 0 Å². The van der Waals surface area contributed by atoms with Gasteiger partial charge in [0.2, 0.25) is 0 Å². The number of hydrogen-bond donors (Lipinski definition) is 1. The molecule has 3 rings (SSSR count). The average Bonchev–Trinajstić information content (AvgIpc) is 2.48. The lowest BCUT2D eigenvalue weighted by Crippen LogP contribution is -2.18. The van der Waals surface area contributed by atoms with E-state index in [4.69, 9.17) is 16.0 Å². The first-order valence-corrected chi connectivity index (χ1v) is 8.05. The van der Waals surface area contributed by atoms with Crippen LogP contribution in [0.15, 0.2) is 62.6 Å². The molecule has 0 atom stereocenters. The highest BCUT2D eigenvalue weighted by Gasteiger charge is 2.17. The number of anilines is 1. The van der Waals surface area contributed by atoms with Crippen molar-refractivity contribution in [2.45, 2.75) is 4.90 Å². The van der Waals surface area contributed by atoms with Crippen LogP contribution < -0.4 is 10.3 Å². The molecular weight excluding hydrogens is 326 g/mol. The summed E-state index contributed by atoms with van der Waals surface area (Å²) in [6.07, 6.45) is 0. The van der Waals surface area contributed by atoms with Gasteiger partial charge >= 0.3 is 5.63 Å². The van der Waals surface area contributed by atoms with Crippen LogP contribution in [0.4, 0.5) is 5.69 Å². The molecule has 1 radical (unpaired) electrons. The molecule has 0 spiro atoms. The van der Waals surface area contributed by atoms with E-state index in [1.54, 1.807) is 24.3 Å². The Balaban J connectivity index is 2.06. The molecule has 5 nitrogen and oxygen atoms in total. The lowest BCUT2D eigenvalue weighted by molar-refractivity contribution is 0.562. The van der Waals surface area contributed by atoms with Gasteiger partial charge in [-0.3, -0.25) is 4.72 Å². The van der Waals surface area contributed by atoms with Crippen LogP contribution in [0.5, 0.6) is 0 Å². The van der Waals surface area contributed by atoms with E-state index in [0.717, 1.165) is 0 Å². The monoisotopic (exact) mass is 334 g/mol. The highest BCUT2D eigenvalue weighted by Crippen LogP contribution is 2.20. The summed E-state index contributed by atoms with van der Waals surface area (Å²) >= 11 is 5.79. The minimum atomic E-state index is -3.93. The quantitative estimate of drug-likeness (QED) is 0.747. The summed E-state index contributed by atoms with van der Waals surface area (Å²) in [5.74, 6) is 0. The van der Waals surface area contributed by atoms with E-state index in [9.17, 15) is 13.2 Å². The fourth-order valence-corrected chi connectivity index (χ4v) is 3.25. The molecule has 0 saturated heterocycles. The van der Waals surface area contributed by atoms with Gasteiger partial charge in [-0.05, 0) is 24.3 Å². The second-order valence-corrected chi connectivity index (χ2v) is 6.58. The predicted octanol–water partition coefficient (Wildman–Crippen LogP) is 3.05. The number of rotatable bonds is 3. The summed E-state index contributed by atoms with van der Waals surface area (Å²) in [6, 6.07) is 14.9. The van der Waals surface area contributed by atoms with Crippen LogP contribution in [0.3, 0.4) is 0 Å². The van der Waals surface area contributed by atoms with E-state index in [0.29, 0.717) is 5.39 Å². The van der Waals surface area contributed by atoms with E-state index in [-0.39, 0.29) is 21.2 Å². The third-order valence-corrected chi connectivity index (χ3v) is 4.51. The third kappa shape index (κ3) is 2.84. The molecule has 111 valence electrons. The lowest BCUT2D eigenvalue weighted by Gasteiger charge is -2.07. The highest BCUT2D eigenvalue weighted by molar-refractivity contribution is 7.92. The van der Waals surface area contributed by atoms with E-state index >= 15 is 0 Å². The molecule has 22 heavy (non-hydrogen) atoms. The van der Waals surface area contributed by atoms with Gasteiger partial charge in [-0.15, -0.1) is 0 Å². The Morgan fingerprint density at radius 2 is 1.95 bits per heavy atom. The molecule has 0 aliphatic heterocycles. The first-order chi connectivity index (χ1) is 10.5. The zero-order valence-electron chi connectivity index (χ0n) is 11.0. The van der Waals surface area contributed by atoms with Gasteiger partial charge in [0.1, 0.15) is 11.3 Å². The molecule has 0 aliphatic rings. The summed E-state index contributed by atoms with van der Waals surface area (Å²) in [6.45, 7) is 0. The zero-order chi connectivity index (χ0) is 15.7. The van der Waals surface area contributed by atoms with Crippen molar-refractivity contribution >= 4 is 38.3 Å². The maximum atomic E-state index is 12.3. The Morgan fingerprint density at radius 3 is 2.73 bits per heavy atom. The van der Waals surface area contributed by atoms with Gasteiger partial charge in [0.05, 0.1) is 4.90 Å². The molecule has 0 amide bonds. The molecule has 0 aliphatic carbocycles. The van der Waals surface area contributed by atoms with Crippen LogP contribution >= 0.6 is 11.6 Å². The van der Waals surface area contributed by atoms with Crippen LogP contribution in [-0.2, 0) is 10.0 Å². The number of fused-ring (bicyclic) bond motifs is 1. The van der Waals surface area contributed by atoms with Crippen molar-refractivity contribution in [1.82, 2.24) is 0 Å². The van der Waals surface area contributed by atoms with Crippen LogP contribution in [0.1, 0.15) is 0 Å². The molecular formula is C15H9ClNO4S. The number of sulfonamides is 1. The largest absolute Gasteiger partial charge is 0.421 e. The summed E-state index contributed by atoms with van der Waals surface area (Å²) < 4.78 is 31.8. The van der Waals surface area contributed by atoms with Crippen LogP contribution in [0.25, 0.3) is 11.0 Å². The van der Waals surface area contributed by atoms with Crippen LogP contribution in [0, 0.1) is 6.07 Å². The standard InChI is InChI=1S/C15H9ClNO4S/c16-11-5-3-6-12(9-11)22(19,20)17-13-8-10-4-1-2-7-14(10)21-15(13)18/h1-6,8-9,17H. The van der Waals surface area contributed by atoms with E-state index < -0.39 is 15.6 Å². The van der Waals surface area contributed by atoms with Crippen molar-refractivity contribution < 1.29 is 12.8 Å². The molecule has 0 fully saturated rings. The van der Waals surface area contributed by atoms with E-state index in [2.05, 4.69) is 10.8 Å². The number of hydrogen-bond acceptors (Lipinski definition) is 4. The second-order valence-electron chi connectivity index (χ2n) is 4.46. The minimum absolute atomic E-state index is 0.0425. The normalized spacial score (nSPS) is 11.5. The molecule has 0 bridgehead atoms. The number of para-hydroxylation sites is 1. The number of benzene rings is 2. The van der Waals surface area contributed by atoms with Gasteiger partial charge in [-0.2, -0.15) is 0 Å². The summed E-state index contributed by atoms with van der Waals surface area (Å²) in [5.41, 5.74) is -0.703. The summed E-state index contributed by atoms with van der Waals surface area (Å²) in [5, 5.41) is 0.842. The molecule has 1 N–H and O–H groups in total. The fourth-order valence-electron chi connectivity index (χ4n) is 1.91. The molecule has 3 aromatic rings. The first-order valence-electron chi connectivity index (χ1n) is 6.19. The van der Waals surface area contributed by atoms with Crippen molar-refractivity contribution in [3.05, 3.63) is 70.0 Å². The smallest absolute Gasteiger partial charge is 0.360 e. The van der Waals surface area contributed by atoms with E-state index in [1.165, 1.54) is 24.3 Å². The van der Waals surface area contributed by atoms with Gasteiger partial charge in [0.15, 0.2) is 0 Å². The van der Waals surface area contributed by atoms with Crippen molar-refractivity contribution in [2.24, 2.45) is 0 Å². The Kier molecular flexibility index (Phi) is 3.64. The van der Waals surface area contributed by atoms with Crippen LogP contribution in [0.2, 0.25) is 5.02 Å². The zero-order valence-corrected chi connectivity index (χ0v) is 12.6. The number of halogens is 1. The molecule has 1 aromatic heterocycles. The Labute approximate surface area is 131 Å². The Hall–Kier alpha value is -2.31. The van der Waals surface area contributed by atoms with Gasteiger partial charge in [0.25, 0.3) is 10.0 Å². The van der Waals surface area contributed by atoms with E-state index in [1.807, 2.05) is 0 Å². The maximum Gasteiger partial charge on any atom is 0.360 e. The van der Waals surface area contributed by atoms with Gasteiger partial charge in [-0.1, -0.05) is 35.9 Å². The van der Waals surface area contributed by atoms with Crippen molar-refractivity contribution in [3.8, 4) is 0 Å². The fraction of sp³-hybridized carbons (Fsp3) is 0. The summed E-state index contributed by atoms with van der Waals surface area (Å²) in [7, 11) is -3.93. The molecule has 2 aromatic carbocycles. The summed E-state index contributed by atoms with van der Waals surface area (Å²) in [4.78, 5) is 11.8. The van der Waals surface area contributed by atoms with Gasteiger partial charge in [0, 0.05) is 16.5 Å². The average molecular weight is 335 g/mol. The van der Waals surface area contributed by atoms with Crippen molar-refractivity contribution in [3.63, 3.8) is 0 Å². The topological polar surface area (TPSA) is 76.4 Å². The number of nitrogens with one attached hydrogen (secondary N) is 1. The Morgan fingerprint density at radius 1 is 1.14 bits per heavy atom. The molecule has 1 heterocycles. The minimum Gasteiger partial charge on any atom is -0.421 e. The van der Waals surface area contributed by atoms with Gasteiger partial charge < -0.3 is 4.42 Å². The predicted molar refractivity (Wildman–Crippen MR) is 83.6 cm³/mol. The molecule has 7 heteroatoms. The maximum absolute atomic E-state index is 12.3. The van der Waals surface area contributed by atoms with Crippen molar-refractivity contribution in [2.75, 3.05) is 4.72 Å². The molecule has 0 saturated carbocycles. The Bertz CT molecular complexity index is 1010. The highest BCUT2D eigenvalue weighted by atomic mass is 35.5. The van der Waals surface area contributed by atoms with Crippen LogP contribution in [-0.4, -0.2) is 8.42 Å². The first kappa shape index (κ1) is 14.6. The third-order valence-electron chi connectivity index (χ3n) is 2.91. The lowest BCUT2D eigenvalue weighted by atomic mass is 10.2. The van der Waals surface area contributed by atoms with Gasteiger partial charge in [-0.25, -0.2) is 13.2 Å².